The maximum absolute atomic E-state index is 12.7. The predicted molar refractivity (Wildman–Crippen MR) is 96.6 cm³/mol. The summed E-state index contributed by atoms with van der Waals surface area (Å²) in [4.78, 5) is 24.5. The number of carbonyl (C=O) groups is 2. The van der Waals surface area contributed by atoms with Gasteiger partial charge in [0.15, 0.2) is 5.41 Å². The van der Waals surface area contributed by atoms with Gasteiger partial charge in [-0.3, -0.25) is 9.59 Å². The molecule has 5 nitrogen and oxygen atoms in total. The van der Waals surface area contributed by atoms with Crippen molar-refractivity contribution < 1.29 is 19.4 Å². The summed E-state index contributed by atoms with van der Waals surface area (Å²) in [5.74, 6) is -1.98. The number of hydrogen-bond acceptors (Lipinski definition) is 4. The zero-order chi connectivity index (χ0) is 18.3. The molecule has 26 heavy (non-hydrogen) atoms. The molecule has 0 heterocycles. The molecule has 0 spiro atoms. The Bertz CT molecular complexity index is 832. The molecule has 2 aromatic carbocycles. The van der Waals surface area contributed by atoms with E-state index in [1.807, 2.05) is 36.4 Å². The van der Waals surface area contributed by atoms with E-state index in [4.69, 9.17) is 10.5 Å². The molecule has 2 atom stereocenters. The predicted octanol–water partition coefficient (Wildman–Crippen LogP) is 2.92. The van der Waals surface area contributed by atoms with Gasteiger partial charge in [0.1, 0.15) is 6.61 Å². The highest BCUT2D eigenvalue weighted by molar-refractivity contribution is 6.00. The van der Waals surface area contributed by atoms with Gasteiger partial charge in [0, 0.05) is 12.0 Å². The molecule has 3 N–H and O–H groups in total. The maximum atomic E-state index is 12.7. The van der Waals surface area contributed by atoms with Gasteiger partial charge in [0.05, 0.1) is 0 Å². The molecule has 0 aliphatic heterocycles. The number of carboxylic acid groups (broad SMARTS) is 1. The molecule has 0 bridgehead atoms. The van der Waals surface area contributed by atoms with Crippen molar-refractivity contribution in [1.82, 2.24) is 0 Å². The van der Waals surface area contributed by atoms with E-state index in [1.165, 1.54) is 0 Å². The Morgan fingerprint density at radius 3 is 2.15 bits per heavy atom. The van der Waals surface area contributed by atoms with Crippen molar-refractivity contribution >= 4 is 11.9 Å². The molecule has 0 saturated heterocycles. The van der Waals surface area contributed by atoms with Crippen molar-refractivity contribution in [1.29, 1.82) is 0 Å². The third-order valence-electron chi connectivity index (χ3n) is 5.81. The Morgan fingerprint density at radius 1 is 1.08 bits per heavy atom. The van der Waals surface area contributed by atoms with Crippen molar-refractivity contribution in [3.8, 4) is 11.1 Å². The summed E-state index contributed by atoms with van der Waals surface area (Å²) in [5.41, 5.74) is 8.82. The summed E-state index contributed by atoms with van der Waals surface area (Å²) in [5, 5.41) is 9.63. The third-order valence-corrected chi connectivity index (χ3v) is 5.81. The summed E-state index contributed by atoms with van der Waals surface area (Å²) >= 11 is 0. The zero-order valence-electron chi connectivity index (χ0n) is 14.4. The summed E-state index contributed by atoms with van der Waals surface area (Å²) in [6.45, 7) is 0.120. The van der Waals surface area contributed by atoms with Gasteiger partial charge in [-0.15, -0.1) is 0 Å². The van der Waals surface area contributed by atoms with E-state index in [0.29, 0.717) is 12.8 Å². The summed E-state index contributed by atoms with van der Waals surface area (Å²) in [6, 6.07) is 15.4. The molecular formula is C21H21NO4. The van der Waals surface area contributed by atoms with Crippen molar-refractivity contribution in [3.63, 3.8) is 0 Å². The fourth-order valence-electron chi connectivity index (χ4n) is 4.37. The van der Waals surface area contributed by atoms with Crippen LogP contribution in [-0.4, -0.2) is 29.7 Å². The first-order valence-electron chi connectivity index (χ1n) is 8.90. The van der Waals surface area contributed by atoms with Crippen LogP contribution in [0.3, 0.4) is 0 Å². The first-order chi connectivity index (χ1) is 12.6. The molecule has 2 unspecified atom stereocenters. The maximum Gasteiger partial charge on any atom is 0.325 e. The van der Waals surface area contributed by atoms with Gasteiger partial charge in [-0.25, -0.2) is 0 Å². The highest BCUT2D eigenvalue weighted by Gasteiger charge is 2.55. The van der Waals surface area contributed by atoms with Crippen LogP contribution in [0.1, 0.15) is 36.3 Å². The van der Waals surface area contributed by atoms with E-state index in [0.717, 1.165) is 22.3 Å². The number of rotatable bonds is 4. The highest BCUT2D eigenvalue weighted by atomic mass is 16.5. The van der Waals surface area contributed by atoms with Crippen LogP contribution in [0, 0.1) is 5.41 Å². The molecule has 0 aromatic heterocycles. The van der Waals surface area contributed by atoms with Gasteiger partial charge in [-0.05, 0) is 35.1 Å². The molecular weight excluding hydrogens is 330 g/mol. The Labute approximate surface area is 151 Å². The second-order valence-electron chi connectivity index (χ2n) is 7.10. The Morgan fingerprint density at radius 2 is 1.65 bits per heavy atom. The summed E-state index contributed by atoms with van der Waals surface area (Å²) in [6.07, 6.45) is 1.38. The number of nitrogens with two attached hydrogens (primary N) is 1. The molecule has 4 rings (SSSR count). The first kappa shape index (κ1) is 16.8. The van der Waals surface area contributed by atoms with E-state index < -0.39 is 23.4 Å². The Kier molecular flexibility index (Phi) is 4.04. The van der Waals surface area contributed by atoms with E-state index in [2.05, 4.69) is 12.1 Å². The molecule has 1 fully saturated rings. The van der Waals surface area contributed by atoms with E-state index in [-0.39, 0.29) is 18.9 Å². The van der Waals surface area contributed by atoms with Crippen LogP contribution in [0.2, 0.25) is 0 Å². The molecule has 134 valence electrons. The van der Waals surface area contributed by atoms with Gasteiger partial charge < -0.3 is 15.6 Å². The smallest absolute Gasteiger partial charge is 0.325 e. The highest BCUT2D eigenvalue weighted by Crippen LogP contribution is 2.45. The molecule has 2 aromatic rings. The number of ether oxygens (including phenoxy) is 1. The lowest BCUT2D eigenvalue weighted by molar-refractivity contribution is -0.169. The number of carboxylic acids is 1. The SMILES string of the molecule is NC1CCCC1(C(=O)O)C(=O)OCC1c2ccccc2-c2ccccc21. The first-order valence-corrected chi connectivity index (χ1v) is 8.90. The van der Waals surface area contributed by atoms with Crippen molar-refractivity contribution in [3.05, 3.63) is 59.7 Å². The molecule has 0 radical (unpaired) electrons. The zero-order valence-corrected chi connectivity index (χ0v) is 14.4. The third kappa shape index (κ3) is 2.35. The topological polar surface area (TPSA) is 89.6 Å². The Hall–Kier alpha value is -2.66. The number of esters is 1. The van der Waals surface area contributed by atoms with Gasteiger partial charge in [0.2, 0.25) is 0 Å². The van der Waals surface area contributed by atoms with Crippen LogP contribution in [0.5, 0.6) is 0 Å². The number of carbonyl (C=O) groups excluding carboxylic acids is 1. The van der Waals surface area contributed by atoms with Crippen LogP contribution >= 0.6 is 0 Å². The van der Waals surface area contributed by atoms with E-state index >= 15 is 0 Å². The van der Waals surface area contributed by atoms with Crippen LogP contribution in [-0.2, 0) is 14.3 Å². The van der Waals surface area contributed by atoms with Gasteiger partial charge in [0.25, 0.3) is 0 Å². The minimum Gasteiger partial charge on any atom is -0.480 e. The minimum atomic E-state index is -1.61. The van der Waals surface area contributed by atoms with Gasteiger partial charge in [-0.1, -0.05) is 55.0 Å². The lowest BCUT2D eigenvalue weighted by atomic mass is 9.83. The normalized spacial score (nSPS) is 24.1. The monoisotopic (exact) mass is 351 g/mol. The van der Waals surface area contributed by atoms with E-state index in [9.17, 15) is 14.7 Å². The van der Waals surface area contributed by atoms with Crippen molar-refractivity contribution in [2.75, 3.05) is 6.61 Å². The molecule has 2 aliphatic carbocycles. The van der Waals surface area contributed by atoms with Gasteiger partial charge >= 0.3 is 11.9 Å². The number of aliphatic carboxylic acids is 1. The molecule has 5 heteroatoms. The molecule has 0 amide bonds. The fourth-order valence-corrected chi connectivity index (χ4v) is 4.37. The van der Waals surface area contributed by atoms with Crippen molar-refractivity contribution in [2.24, 2.45) is 11.1 Å². The lowest BCUT2D eigenvalue weighted by Crippen LogP contribution is -2.50. The van der Waals surface area contributed by atoms with Crippen LogP contribution in [0.4, 0.5) is 0 Å². The number of fused-ring (bicyclic) bond motifs is 3. The van der Waals surface area contributed by atoms with E-state index in [1.54, 1.807) is 0 Å². The lowest BCUT2D eigenvalue weighted by Gasteiger charge is -2.27. The average molecular weight is 351 g/mol. The van der Waals surface area contributed by atoms with Gasteiger partial charge in [-0.2, -0.15) is 0 Å². The average Bonchev–Trinajstić information content (AvgIpc) is 3.19. The fraction of sp³-hybridized carbons (Fsp3) is 0.333. The standard InChI is InChI=1S/C21H21NO4/c22-18-10-5-11-21(18,19(23)24)20(25)26-12-17-15-8-3-1-6-13(15)14-7-2-4-9-16(14)17/h1-4,6-9,17-18H,5,10-12,22H2,(H,23,24). The summed E-state index contributed by atoms with van der Waals surface area (Å²) < 4.78 is 5.56. The number of hydrogen-bond donors (Lipinski definition) is 2. The molecule has 1 saturated carbocycles. The minimum absolute atomic E-state index is 0.0881. The van der Waals surface area contributed by atoms with Crippen molar-refractivity contribution in [2.45, 2.75) is 31.2 Å². The number of benzene rings is 2. The largest absolute Gasteiger partial charge is 0.480 e. The Balaban J connectivity index is 1.60. The second-order valence-corrected chi connectivity index (χ2v) is 7.10. The van der Waals surface area contributed by atoms with Crippen LogP contribution in [0.25, 0.3) is 11.1 Å². The molecule has 2 aliphatic rings. The summed E-state index contributed by atoms with van der Waals surface area (Å²) in [7, 11) is 0. The van der Waals surface area contributed by atoms with Crippen LogP contribution in [0.15, 0.2) is 48.5 Å². The quantitative estimate of drug-likeness (QED) is 0.653. The second kappa shape index (κ2) is 6.25. The van der Waals surface area contributed by atoms with Crippen LogP contribution < -0.4 is 5.73 Å².